The summed E-state index contributed by atoms with van der Waals surface area (Å²) in [6.07, 6.45) is 7.41. The van der Waals surface area contributed by atoms with Crippen LogP contribution in [0.1, 0.15) is 59.8 Å². The van der Waals surface area contributed by atoms with Crippen molar-refractivity contribution >= 4 is 75.4 Å². The highest BCUT2D eigenvalue weighted by atomic mass is 79.9. The van der Waals surface area contributed by atoms with Gasteiger partial charge < -0.3 is 34.2 Å². The number of aromatic nitrogens is 4. The van der Waals surface area contributed by atoms with Gasteiger partial charge in [-0.05, 0) is 109 Å². The third-order valence-corrected chi connectivity index (χ3v) is 15.7. The fourth-order valence-corrected chi connectivity index (χ4v) is 11.0. The number of carbonyl (C=O) groups excluding carboxylic acids is 3. The number of hydrogen-bond donors (Lipinski definition) is 3. The van der Waals surface area contributed by atoms with Crippen molar-refractivity contribution in [2.24, 2.45) is 7.05 Å². The van der Waals surface area contributed by atoms with Crippen LogP contribution in [0, 0.1) is 19.7 Å². The van der Waals surface area contributed by atoms with E-state index >= 15 is 4.39 Å². The van der Waals surface area contributed by atoms with Gasteiger partial charge in [0.1, 0.15) is 17.4 Å². The summed E-state index contributed by atoms with van der Waals surface area (Å²) in [5, 5.41) is 13.9. The molecular weight excluding hydrogens is 946 g/mol. The van der Waals surface area contributed by atoms with Crippen LogP contribution in [0.25, 0.3) is 11.1 Å². The third-order valence-electron chi connectivity index (χ3n) is 13.1. The Morgan fingerprint density at radius 1 is 0.940 bits per heavy atom. The molecule has 0 radical (unpaired) electrons. The molecule has 1 atom stereocenters. The molecule has 3 amide bonds. The number of halogens is 2. The van der Waals surface area contributed by atoms with Crippen LogP contribution in [0.5, 0.6) is 5.75 Å². The van der Waals surface area contributed by atoms with Crippen LogP contribution in [0.15, 0.2) is 65.5 Å². The number of anilines is 5. The van der Waals surface area contributed by atoms with Crippen molar-refractivity contribution in [2.45, 2.75) is 51.4 Å². The first-order chi connectivity index (χ1) is 32.2. The Bertz CT molecular complexity index is 2730. The third kappa shape index (κ3) is 10.3. The Balaban J connectivity index is 0.929. The smallest absolute Gasteiger partial charge is 0.363 e. The summed E-state index contributed by atoms with van der Waals surface area (Å²) in [7, 11) is 2.52. The van der Waals surface area contributed by atoms with E-state index in [-0.39, 0.29) is 41.8 Å². The van der Waals surface area contributed by atoms with E-state index in [4.69, 9.17) is 18.8 Å². The number of piperidine rings is 2. The number of ether oxygens (including phenoxy) is 1. The molecule has 354 valence electrons. The van der Waals surface area contributed by atoms with Gasteiger partial charge in [-0.25, -0.2) is 9.37 Å². The Morgan fingerprint density at radius 2 is 1.69 bits per heavy atom. The maximum Gasteiger partial charge on any atom is 0.363 e. The maximum absolute atomic E-state index is 15.4. The molecular formula is C47H55BrFN10O7P. The fourth-order valence-electron chi connectivity index (χ4n) is 9.16. The molecule has 0 saturated carbocycles. The lowest BCUT2D eigenvalue weighted by Crippen LogP contribution is -2.52. The predicted octanol–water partition coefficient (Wildman–Crippen LogP) is 7.05. The molecule has 0 bridgehead atoms. The lowest BCUT2D eigenvalue weighted by Gasteiger charge is -2.39. The molecule has 17 nitrogen and oxygen atoms in total. The molecule has 5 aromatic rings. The Hall–Kier alpha value is -5.72. The molecule has 5 heterocycles. The maximum atomic E-state index is 15.4. The first kappa shape index (κ1) is 47.8. The van der Waals surface area contributed by atoms with Crippen molar-refractivity contribution in [1.82, 2.24) is 34.9 Å². The molecule has 3 saturated heterocycles. The van der Waals surface area contributed by atoms with Gasteiger partial charge in [-0.2, -0.15) is 10.1 Å². The van der Waals surface area contributed by atoms with Crippen LogP contribution in [0.3, 0.4) is 0 Å². The molecule has 67 heavy (non-hydrogen) atoms. The minimum absolute atomic E-state index is 0.0118. The monoisotopic (exact) mass is 1000 g/mol. The number of piperazine rings is 1. The van der Waals surface area contributed by atoms with E-state index in [1.165, 1.54) is 20.3 Å². The van der Waals surface area contributed by atoms with Crippen molar-refractivity contribution in [3.8, 4) is 16.9 Å². The zero-order valence-corrected chi connectivity index (χ0v) is 40.9. The number of imide groups is 1. The van der Waals surface area contributed by atoms with Crippen LogP contribution in [-0.2, 0) is 35.0 Å². The number of likely N-dealkylation sites (tertiary alicyclic amines) is 1. The van der Waals surface area contributed by atoms with Crippen molar-refractivity contribution in [1.29, 1.82) is 0 Å². The van der Waals surface area contributed by atoms with Gasteiger partial charge in [0.25, 0.3) is 0 Å². The molecule has 3 aromatic carbocycles. The number of methoxy groups -OCH3 is 1. The van der Waals surface area contributed by atoms with Crippen molar-refractivity contribution in [2.75, 3.05) is 82.7 Å². The molecule has 0 aliphatic carbocycles. The summed E-state index contributed by atoms with van der Waals surface area (Å²) < 4.78 is 48.2. The van der Waals surface area contributed by atoms with Gasteiger partial charge in [0.2, 0.25) is 23.7 Å². The highest BCUT2D eigenvalue weighted by Crippen LogP contribution is 2.49. The first-order valence-corrected chi connectivity index (χ1v) is 24.5. The van der Waals surface area contributed by atoms with Crippen LogP contribution in [0.2, 0.25) is 0 Å². The second kappa shape index (κ2) is 20.2. The lowest BCUT2D eigenvalue weighted by molar-refractivity contribution is -0.134. The first-order valence-electron chi connectivity index (χ1n) is 22.2. The van der Waals surface area contributed by atoms with Crippen molar-refractivity contribution in [3.05, 3.63) is 93.6 Å². The zero-order chi connectivity index (χ0) is 47.6. The number of rotatable bonds is 14. The zero-order valence-electron chi connectivity index (χ0n) is 38.4. The van der Waals surface area contributed by atoms with Crippen LogP contribution < -0.4 is 30.9 Å². The molecule has 3 N–H and O–H groups in total. The second-order valence-electron chi connectivity index (χ2n) is 17.1. The second-order valence-corrected chi connectivity index (χ2v) is 20.1. The van der Waals surface area contributed by atoms with E-state index in [9.17, 15) is 18.9 Å². The molecule has 1 unspecified atom stereocenters. The van der Waals surface area contributed by atoms with Gasteiger partial charge >= 0.3 is 7.60 Å². The van der Waals surface area contributed by atoms with Crippen molar-refractivity contribution < 1.29 is 37.1 Å². The van der Waals surface area contributed by atoms with Gasteiger partial charge in [0.05, 0.1) is 46.9 Å². The average molecular weight is 1000 g/mol. The SMILES string of the molecule is COc1cc(N2CCN(C(=O)CN3CCC(c4ccc(C5CCC(=O)NC5=O)cc4F)CC3)CC2)c(-c2cnn(C)c2)cc1Nc1ncc(Br)c(Nc2ccc(C)c(C)c2P(=O)(OC)OC)n1. The topological polar surface area (TPSA) is 185 Å². The van der Waals surface area contributed by atoms with Gasteiger partial charge in [-0.1, -0.05) is 18.2 Å². The van der Waals surface area contributed by atoms with E-state index in [0.29, 0.717) is 109 Å². The van der Waals surface area contributed by atoms with E-state index < -0.39 is 13.5 Å². The highest BCUT2D eigenvalue weighted by molar-refractivity contribution is 9.10. The van der Waals surface area contributed by atoms with Gasteiger partial charge in [-0.15, -0.1) is 0 Å². The van der Waals surface area contributed by atoms with Gasteiger partial charge in [0.15, 0.2) is 0 Å². The number of nitrogens with zero attached hydrogens (tertiary/aromatic N) is 7. The summed E-state index contributed by atoms with van der Waals surface area (Å²) in [6, 6.07) is 12.7. The predicted molar refractivity (Wildman–Crippen MR) is 257 cm³/mol. The van der Waals surface area contributed by atoms with Crippen LogP contribution in [-0.4, -0.2) is 114 Å². The van der Waals surface area contributed by atoms with Crippen LogP contribution in [0.4, 0.5) is 33.2 Å². The number of carbonyl (C=O) groups is 3. The van der Waals surface area contributed by atoms with Gasteiger partial charge in [0, 0.05) is 89.1 Å². The molecule has 3 fully saturated rings. The lowest BCUT2D eigenvalue weighted by atomic mass is 9.85. The van der Waals surface area contributed by atoms with E-state index in [0.717, 1.165) is 27.9 Å². The Labute approximate surface area is 397 Å². The number of aryl methyl sites for hydroxylation is 2. The number of benzene rings is 3. The Morgan fingerprint density at radius 3 is 2.34 bits per heavy atom. The van der Waals surface area contributed by atoms with E-state index in [1.54, 1.807) is 36.3 Å². The summed E-state index contributed by atoms with van der Waals surface area (Å²) >= 11 is 3.57. The minimum atomic E-state index is -3.66. The van der Waals surface area contributed by atoms with Crippen LogP contribution >= 0.6 is 23.5 Å². The molecule has 2 aromatic heterocycles. The molecule has 20 heteroatoms. The quantitative estimate of drug-likeness (QED) is 0.0759. The number of nitrogens with one attached hydrogen (secondary N) is 3. The van der Waals surface area contributed by atoms with E-state index in [1.807, 2.05) is 56.3 Å². The fraction of sp³-hybridized carbons (Fsp3) is 0.404. The summed E-state index contributed by atoms with van der Waals surface area (Å²) in [4.78, 5) is 53.3. The molecule has 8 rings (SSSR count). The number of hydrogen-bond acceptors (Lipinski definition) is 14. The largest absolute Gasteiger partial charge is 0.494 e. The summed E-state index contributed by atoms with van der Waals surface area (Å²) in [5.74, 6) is -0.242. The standard InChI is InChI=1S/C47H55BrFN10O7P/c1-28-7-11-38(44(29(28)2)67(63,65-5)66-6)52-45-36(48)25-50-47(55-45)53-39-22-35(32-24-51-56(3)26-32)40(23-41(39)64-4)58-17-19-59(20-18-58)43(61)27-57-15-13-30(14-16-57)33-9-8-31(21-37(33)49)34-10-12-42(60)54-46(34)62/h7-9,11,21-26,30,34H,10,12-20,27H2,1-6H3,(H,54,60,62)(H2,50,52,53,55). The van der Waals surface area contributed by atoms with Gasteiger partial charge in [-0.3, -0.25) is 33.8 Å². The average Bonchev–Trinajstić information content (AvgIpc) is 3.77. The summed E-state index contributed by atoms with van der Waals surface area (Å²) in [5.41, 5.74) is 6.72. The van der Waals surface area contributed by atoms with E-state index in [2.05, 4.69) is 51.8 Å². The normalized spacial score (nSPS) is 17.4. The molecule has 3 aliphatic rings. The molecule has 0 spiro atoms. The number of amides is 3. The molecule has 3 aliphatic heterocycles. The summed E-state index contributed by atoms with van der Waals surface area (Å²) in [6.45, 7) is 7.67. The van der Waals surface area contributed by atoms with Crippen molar-refractivity contribution in [3.63, 3.8) is 0 Å². The highest BCUT2D eigenvalue weighted by Gasteiger charge is 2.33. The Kier molecular flexibility index (Phi) is 14.4. The minimum Gasteiger partial charge on any atom is -0.494 e.